The smallest absolute Gasteiger partial charge is 0.266 e. The summed E-state index contributed by atoms with van der Waals surface area (Å²) in [4.78, 5) is 6.24. The van der Waals surface area contributed by atoms with Crippen molar-refractivity contribution >= 4 is 18.6 Å². The fourth-order valence-electron chi connectivity index (χ4n) is 1.35. The van der Waals surface area contributed by atoms with Crippen LogP contribution < -0.4 is 10.6 Å². The summed E-state index contributed by atoms with van der Waals surface area (Å²) in [6, 6.07) is -0.296. The van der Waals surface area contributed by atoms with Crippen LogP contribution in [0.4, 0.5) is 5.95 Å². The van der Waals surface area contributed by atoms with Gasteiger partial charge in [0.25, 0.3) is 5.95 Å². The topological polar surface area (TPSA) is 77.4 Å². The third kappa shape index (κ3) is 2.42. The van der Waals surface area contributed by atoms with Gasteiger partial charge in [-0.15, -0.1) is 0 Å². The molecular formula is C8H14N4O2S. The largest absolute Gasteiger partial charge is 0.378 e. The number of hydrogen-bond acceptors (Lipinski definition) is 7. The van der Waals surface area contributed by atoms with Gasteiger partial charge in [0, 0.05) is 18.8 Å². The number of hydrogen-bond donors (Lipinski definition) is 2. The number of nitrogens with zero attached hydrogens (tertiary/aromatic N) is 3. The molecule has 0 amide bonds. The molecule has 1 saturated heterocycles. The first kappa shape index (κ1) is 10.7. The van der Waals surface area contributed by atoms with Crippen molar-refractivity contribution in [3.63, 3.8) is 0 Å². The minimum atomic E-state index is -0.296. The van der Waals surface area contributed by atoms with Crippen LogP contribution in [0.15, 0.2) is 4.52 Å². The molecule has 7 heteroatoms. The molecule has 1 aromatic heterocycles. The van der Waals surface area contributed by atoms with Crippen molar-refractivity contribution in [1.29, 1.82) is 0 Å². The second-order valence-electron chi connectivity index (χ2n) is 3.32. The van der Waals surface area contributed by atoms with Crippen molar-refractivity contribution < 1.29 is 9.26 Å². The minimum absolute atomic E-state index is 0.296. The predicted octanol–water partition coefficient (Wildman–Crippen LogP) is -0.164. The Kier molecular flexibility index (Phi) is 3.45. The molecule has 0 radical (unpaired) electrons. The third-order valence-electron chi connectivity index (χ3n) is 2.24. The summed E-state index contributed by atoms with van der Waals surface area (Å²) in [6.07, 6.45) is 0. The van der Waals surface area contributed by atoms with Crippen LogP contribution in [0, 0.1) is 0 Å². The highest BCUT2D eigenvalue weighted by Gasteiger charge is 2.19. The summed E-state index contributed by atoms with van der Waals surface area (Å²) in [5, 5.41) is 3.88. The maximum atomic E-state index is 5.72. The normalized spacial score (nSPS) is 19.2. The lowest BCUT2D eigenvalue weighted by Crippen LogP contribution is -2.36. The molecule has 0 spiro atoms. The van der Waals surface area contributed by atoms with Crippen LogP contribution in [-0.4, -0.2) is 42.2 Å². The summed E-state index contributed by atoms with van der Waals surface area (Å²) in [5.41, 5.74) is 5.72. The second-order valence-corrected chi connectivity index (χ2v) is 3.69. The van der Waals surface area contributed by atoms with E-state index >= 15 is 0 Å². The van der Waals surface area contributed by atoms with Crippen molar-refractivity contribution in [1.82, 2.24) is 10.1 Å². The van der Waals surface area contributed by atoms with Gasteiger partial charge in [-0.1, -0.05) is 0 Å². The number of morpholine rings is 1. The van der Waals surface area contributed by atoms with E-state index in [0.29, 0.717) is 30.8 Å². The molecule has 1 unspecified atom stereocenters. The summed E-state index contributed by atoms with van der Waals surface area (Å²) in [5.74, 6) is 1.52. The zero-order valence-corrected chi connectivity index (χ0v) is 9.19. The predicted molar refractivity (Wildman–Crippen MR) is 58.1 cm³/mol. The van der Waals surface area contributed by atoms with Crippen LogP contribution in [0.2, 0.25) is 0 Å². The van der Waals surface area contributed by atoms with Crippen molar-refractivity contribution in [2.75, 3.05) is 37.0 Å². The number of anilines is 1. The van der Waals surface area contributed by atoms with E-state index in [-0.39, 0.29) is 6.04 Å². The molecule has 15 heavy (non-hydrogen) atoms. The molecule has 1 aliphatic rings. The van der Waals surface area contributed by atoms with Gasteiger partial charge in [0.2, 0.25) is 5.89 Å². The number of nitrogens with two attached hydrogens (primary N) is 1. The monoisotopic (exact) mass is 230 g/mol. The molecule has 1 fully saturated rings. The van der Waals surface area contributed by atoms with Gasteiger partial charge in [0.05, 0.1) is 19.3 Å². The van der Waals surface area contributed by atoms with Gasteiger partial charge < -0.3 is 19.9 Å². The fraction of sp³-hybridized carbons (Fsp3) is 0.750. The number of aromatic nitrogens is 2. The molecule has 1 aliphatic heterocycles. The zero-order valence-electron chi connectivity index (χ0n) is 8.30. The molecule has 6 nitrogen and oxygen atoms in total. The van der Waals surface area contributed by atoms with Crippen LogP contribution in [-0.2, 0) is 4.74 Å². The number of rotatable bonds is 3. The van der Waals surface area contributed by atoms with E-state index in [1.165, 1.54) is 0 Å². The van der Waals surface area contributed by atoms with Gasteiger partial charge in [-0.2, -0.15) is 17.6 Å². The van der Waals surface area contributed by atoms with E-state index in [9.17, 15) is 0 Å². The van der Waals surface area contributed by atoms with Gasteiger partial charge in [-0.05, 0) is 5.16 Å². The van der Waals surface area contributed by atoms with Crippen molar-refractivity contribution in [2.24, 2.45) is 5.73 Å². The Morgan fingerprint density at radius 1 is 1.47 bits per heavy atom. The highest BCUT2D eigenvalue weighted by Crippen LogP contribution is 2.15. The van der Waals surface area contributed by atoms with Crippen molar-refractivity contribution in [3.05, 3.63) is 5.89 Å². The van der Waals surface area contributed by atoms with Gasteiger partial charge in [-0.25, -0.2) is 0 Å². The molecule has 2 rings (SSSR count). The summed E-state index contributed by atoms with van der Waals surface area (Å²) < 4.78 is 10.3. The molecule has 84 valence electrons. The van der Waals surface area contributed by atoms with Crippen LogP contribution in [0.3, 0.4) is 0 Å². The van der Waals surface area contributed by atoms with Crippen LogP contribution in [0.1, 0.15) is 11.9 Å². The Morgan fingerprint density at radius 3 is 2.87 bits per heavy atom. The van der Waals surface area contributed by atoms with Crippen LogP contribution in [0.25, 0.3) is 0 Å². The highest BCUT2D eigenvalue weighted by atomic mass is 32.1. The Bertz CT molecular complexity index is 313. The number of ether oxygens (including phenoxy) is 1. The lowest BCUT2D eigenvalue weighted by Gasteiger charge is -2.24. The van der Waals surface area contributed by atoms with Crippen LogP contribution in [0.5, 0.6) is 0 Å². The quantitative estimate of drug-likeness (QED) is 0.702. The molecule has 0 saturated carbocycles. The molecule has 0 bridgehead atoms. The maximum Gasteiger partial charge on any atom is 0.266 e. The zero-order chi connectivity index (χ0) is 10.7. The summed E-state index contributed by atoms with van der Waals surface area (Å²) >= 11 is 4.08. The first-order valence-corrected chi connectivity index (χ1v) is 5.47. The van der Waals surface area contributed by atoms with Gasteiger partial charge in [0.15, 0.2) is 0 Å². The Balaban J connectivity index is 2.05. The van der Waals surface area contributed by atoms with Gasteiger partial charge in [-0.3, -0.25) is 0 Å². The lowest BCUT2D eigenvalue weighted by atomic mass is 10.4. The first-order valence-electron chi connectivity index (χ1n) is 4.84. The Morgan fingerprint density at radius 2 is 2.20 bits per heavy atom. The molecule has 1 aromatic rings. The standard InChI is InChI=1S/C8H14N4O2S/c9-6(5-15)7-10-8(11-14-7)12-1-3-13-4-2-12/h6,15H,1-5,9H2. The van der Waals surface area contributed by atoms with E-state index in [4.69, 9.17) is 15.0 Å². The van der Waals surface area contributed by atoms with Gasteiger partial charge >= 0.3 is 0 Å². The van der Waals surface area contributed by atoms with E-state index in [1.54, 1.807) is 0 Å². The average molecular weight is 230 g/mol. The second kappa shape index (κ2) is 4.82. The maximum absolute atomic E-state index is 5.72. The van der Waals surface area contributed by atoms with Gasteiger partial charge in [0.1, 0.15) is 0 Å². The SMILES string of the molecule is NC(CS)c1nc(N2CCOCC2)no1. The van der Waals surface area contributed by atoms with Crippen molar-refractivity contribution in [3.8, 4) is 0 Å². The lowest BCUT2D eigenvalue weighted by molar-refractivity contribution is 0.121. The minimum Gasteiger partial charge on any atom is -0.378 e. The molecule has 0 aliphatic carbocycles. The summed E-state index contributed by atoms with van der Waals surface area (Å²) in [6.45, 7) is 2.97. The molecule has 1 atom stereocenters. The van der Waals surface area contributed by atoms with E-state index in [2.05, 4.69) is 22.8 Å². The van der Waals surface area contributed by atoms with Crippen LogP contribution >= 0.6 is 12.6 Å². The first-order chi connectivity index (χ1) is 7.31. The molecule has 0 aromatic carbocycles. The molecule has 2 heterocycles. The Labute approximate surface area is 93.2 Å². The van der Waals surface area contributed by atoms with E-state index in [1.807, 2.05) is 4.90 Å². The Hall–Kier alpha value is -0.790. The average Bonchev–Trinajstić information content (AvgIpc) is 2.78. The molecular weight excluding hydrogens is 216 g/mol. The molecule has 2 N–H and O–H groups in total. The number of thiol groups is 1. The highest BCUT2D eigenvalue weighted by molar-refractivity contribution is 7.80. The summed E-state index contributed by atoms with van der Waals surface area (Å²) in [7, 11) is 0. The van der Waals surface area contributed by atoms with E-state index in [0.717, 1.165) is 13.1 Å². The van der Waals surface area contributed by atoms with Crippen molar-refractivity contribution in [2.45, 2.75) is 6.04 Å². The third-order valence-corrected chi connectivity index (χ3v) is 2.63. The van der Waals surface area contributed by atoms with E-state index < -0.39 is 0 Å². The fourth-order valence-corrected chi connectivity index (χ4v) is 1.50.